The van der Waals surface area contributed by atoms with E-state index in [4.69, 9.17) is 4.42 Å². The number of alkyl halides is 3. The zero-order chi connectivity index (χ0) is 24.5. The molecule has 3 aromatic carbocycles. The lowest BCUT2D eigenvalue weighted by molar-refractivity contribution is -0.137. The monoisotopic (exact) mass is 485 g/mol. The van der Waals surface area contributed by atoms with Gasteiger partial charge in [0.15, 0.2) is 0 Å². The molecule has 0 spiro atoms. The number of rotatable bonds is 5. The van der Waals surface area contributed by atoms with E-state index in [0.717, 1.165) is 12.1 Å². The Balaban J connectivity index is 1.73. The molecule has 1 N–H and O–H groups in total. The molecule has 0 amide bonds. The summed E-state index contributed by atoms with van der Waals surface area (Å²) < 4.78 is 71.9. The van der Waals surface area contributed by atoms with E-state index in [0.29, 0.717) is 22.6 Å². The lowest BCUT2D eigenvalue weighted by Crippen LogP contribution is -2.12. The van der Waals surface area contributed by atoms with Crippen molar-refractivity contribution in [1.82, 2.24) is 0 Å². The van der Waals surface area contributed by atoms with Crippen LogP contribution in [-0.4, -0.2) is 8.42 Å². The number of sulfonamides is 1. The molecule has 0 bridgehead atoms. The number of hydrogen-bond donors (Lipinski definition) is 1. The summed E-state index contributed by atoms with van der Waals surface area (Å²) >= 11 is 0. The van der Waals surface area contributed by atoms with Gasteiger partial charge >= 0.3 is 11.8 Å². The van der Waals surface area contributed by atoms with Crippen LogP contribution in [0.15, 0.2) is 99.0 Å². The number of anilines is 1. The first-order valence-corrected chi connectivity index (χ1v) is 11.5. The molecule has 4 rings (SSSR count). The molecular weight excluding hydrogens is 467 g/mol. The van der Waals surface area contributed by atoms with Gasteiger partial charge in [0, 0.05) is 11.3 Å². The van der Waals surface area contributed by atoms with Gasteiger partial charge in [0.05, 0.1) is 16.0 Å². The van der Waals surface area contributed by atoms with Gasteiger partial charge in [-0.25, -0.2) is 13.2 Å². The fraction of sp³-hybridized carbons (Fsp3) is 0.0800. The molecule has 0 saturated carbocycles. The minimum atomic E-state index is -4.51. The van der Waals surface area contributed by atoms with E-state index in [2.05, 4.69) is 4.72 Å². The van der Waals surface area contributed by atoms with E-state index in [9.17, 15) is 26.4 Å². The van der Waals surface area contributed by atoms with Crippen molar-refractivity contribution in [2.75, 3.05) is 4.72 Å². The standard InChI is InChI=1S/C25H18F3NO4S/c1-16-15-22(23(24(30)33-16)18-7-11-19(12-8-18)25(26,27)28)17-9-13-21(14-10-17)34(31,32)29-20-5-3-2-4-6-20/h2-15,29H,1H3. The van der Waals surface area contributed by atoms with Crippen molar-refractivity contribution in [3.8, 4) is 22.3 Å². The van der Waals surface area contributed by atoms with Crippen molar-refractivity contribution >= 4 is 15.7 Å². The van der Waals surface area contributed by atoms with E-state index in [1.165, 1.54) is 36.4 Å². The van der Waals surface area contributed by atoms with Crippen LogP contribution >= 0.6 is 0 Å². The molecule has 0 atom stereocenters. The lowest BCUT2D eigenvalue weighted by atomic mass is 9.95. The minimum Gasteiger partial charge on any atom is -0.428 e. The first-order chi connectivity index (χ1) is 16.0. The Hall–Kier alpha value is -3.85. The third-order valence-corrected chi connectivity index (χ3v) is 6.47. The van der Waals surface area contributed by atoms with Crippen LogP contribution in [0.3, 0.4) is 0 Å². The topological polar surface area (TPSA) is 76.4 Å². The molecule has 174 valence electrons. The zero-order valence-corrected chi connectivity index (χ0v) is 18.6. The largest absolute Gasteiger partial charge is 0.428 e. The molecule has 5 nitrogen and oxygen atoms in total. The summed E-state index contributed by atoms with van der Waals surface area (Å²) in [6.07, 6.45) is -4.51. The van der Waals surface area contributed by atoms with E-state index in [-0.39, 0.29) is 16.0 Å². The van der Waals surface area contributed by atoms with Crippen molar-refractivity contribution in [3.63, 3.8) is 0 Å². The smallest absolute Gasteiger partial charge is 0.416 e. The summed E-state index contributed by atoms with van der Waals surface area (Å²) in [5.74, 6) is 0.304. The fourth-order valence-corrected chi connectivity index (χ4v) is 4.53. The Morgan fingerprint density at radius 2 is 1.41 bits per heavy atom. The molecular formula is C25H18F3NO4S. The van der Waals surface area contributed by atoms with Crippen molar-refractivity contribution in [3.05, 3.63) is 107 Å². The Morgan fingerprint density at radius 1 is 0.824 bits per heavy atom. The number of hydrogen-bond acceptors (Lipinski definition) is 4. The van der Waals surface area contributed by atoms with Gasteiger partial charge in [-0.05, 0) is 60.5 Å². The normalized spacial score (nSPS) is 11.9. The van der Waals surface area contributed by atoms with Crippen molar-refractivity contribution in [2.45, 2.75) is 18.0 Å². The van der Waals surface area contributed by atoms with Crippen LogP contribution in [0, 0.1) is 6.92 Å². The van der Waals surface area contributed by atoms with E-state index in [1.54, 1.807) is 43.3 Å². The van der Waals surface area contributed by atoms with Crippen LogP contribution < -0.4 is 10.3 Å². The Labute approximate surface area is 193 Å². The highest BCUT2D eigenvalue weighted by molar-refractivity contribution is 7.92. The third kappa shape index (κ3) is 4.89. The summed E-state index contributed by atoms with van der Waals surface area (Å²) in [7, 11) is -3.85. The summed E-state index contributed by atoms with van der Waals surface area (Å²) in [6.45, 7) is 1.57. The number of para-hydroxylation sites is 1. The second-order valence-electron chi connectivity index (χ2n) is 7.50. The van der Waals surface area contributed by atoms with Crippen LogP contribution in [-0.2, 0) is 16.2 Å². The molecule has 0 aliphatic carbocycles. The van der Waals surface area contributed by atoms with Crippen LogP contribution in [0.1, 0.15) is 11.3 Å². The molecule has 0 unspecified atom stereocenters. The summed E-state index contributed by atoms with van der Waals surface area (Å²) in [4.78, 5) is 12.7. The molecule has 0 fully saturated rings. The molecule has 0 aliphatic heterocycles. The van der Waals surface area contributed by atoms with Gasteiger partial charge in [-0.3, -0.25) is 4.72 Å². The number of aryl methyl sites for hydroxylation is 1. The molecule has 1 heterocycles. The van der Waals surface area contributed by atoms with Gasteiger partial charge in [0.25, 0.3) is 10.0 Å². The highest BCUT2D eigenvalue weighted by atomic mass is 32.2. The molecule has 0 radical (unpaired) electrons. The van der Waals surface area contributed by atoms with Crippen molar-refractivity contribution < 1.29 is 26.0 Å². The van der Waals surface area contributed by atoms with Gasteiger partial charge in [0.2, 0.25) is 0 Å². The maximum absolute atomic E-state index is 12.9. The van der Waals surface area contributed by atoms with Crippen LogP contribution in [0.4, 0.5) is 18.9 Å². The number of benzene rings is 3. The van der Waals surface area contributed by atoms with Crippen LogP contribution in [0.2, 0.25) is 0 Å². The van der Waals surface area contributed by atoms with Gasteiger partial charge in [-0.1, -0.05) is 42.5 Å². The molecule has 0 aliphatic rings. The first kappa shape index (κ1) is 23.3. The summed E-state index contributed by atoms with van der Waals surface area (Å²) in [5.41, 5.74) is 0.106. The average molecular weight is 485 g/mol. The lowest BCUT2D eigenvalue weighted by Gasteiger charge is -2.12. The van der Waals surface area contributed by atoms with Crippen molar-refractivity contribution in [2.24, 2.45) is 0 Å². The maximum atomic E-state index is 12.9. The van der Waals surface area contributed by atoms with Gasteiger partial charge in [0.1, 0.15) is 5.76 Å². The maximum Gasteiger partial charge on any atom is 0.416 e. The quantitative estimate of drug-likeness (QED) is 0.371. The van der Waals surface area contributed by atoms with E-state index < -0.39 is 27.4 Å². The fourth-order valence-electron chi connectivity index (χ4n) is 3.47. The van der Waals surface area contributed by atoms with E-state index >= 15 is 0 Å². The first-order valence-electron chi connectivity index (χ1n) is 10.1. The third-order valence-electron chi connectivity index (χ3n) is 5.08. The molecule has 9 heteroatoms. The molecule has 1 aromatic heterocycles. The molecule has 34 heavy (non-hydrogen) atoms. The van der Waals surface area contributed by atoms with E-state index in [1.807, 2.05) is 0 Å². The van der Waals surface area contributed by atoms with Crippen molar-refractivity contribution in [1.29, 1.82) is 0 Å². The average Bonchev–Trinajstić information content (AvgIpc) is 2.79. The predicted octanol–water partition coefficient (Wildman–Crippen LogP) is 6.10. The second kappa shape index (κ2) is 8.83. The second-order valence-corrected chi connectivity index (χ2v) is 9.19. The predicted molar refractivity (Wildman–Crippen MR) is 123 cm³/mol. The molecule has 4 aromatic rings. The summed E-state index contributed by atoms with van der Waals surface area (Å²) in [6, 6.07) is 20.0. The van der Waals surface area contributed by atoms with Crippen LogP contribution in [0.5, 0.6) is 0 Å². The highest BCUT2D eigenvalue weighted by Crippen LogP contribution is 2.34. The zero-order valence-electron chi connectivity index (χ0n) is 17.8. The van der Waals surface area contributed by atoms with Gasteiger partial charge in [-0.2, -0.15) is 13.2 Å². The number of nitrogens with one attached hydrogen (secondary N) is 1. The Bertz CT molecular complexity index is 1480. The van der Waals surface area contributed by atoms with Gasteiger partial charge < -0.3 is 4.42 Å². The van der Waals surface area contributed by atoms with Gasteiger partial charge in [-0.15, -0.1) is 0 Å². The SMILES string of the molecule is Cc1cc(-c2ccc(S(=O)(=O)Nc3ccccc3)cc2)c(-c2ccc(C(F)(F)F)cc2)c(=O)o1. The minimum absolute atomic E-state index is 0.0101. The van der Waals surface area contributed by atoms with Crippen LogP contribution in [0.25, 0.3) is 22.3 Å². The Morgan fingerprint density at radius 3 is 2.00 bits per heavy atom. The Kier molecular flexibility index (Phi) is 6.05. The molecule has 0 saturated heterocycles. The highest BCUT2D eigenvalue weighted by Gasteiger charge is 2.30. The number of halogens is 3. The summed E-state index contributed by atoms with van der Waals surface area (Å²) in [5, 5.41) is 0.